The molecular formula is C34H18F9NO. The first-order valence-electron chi connectivity index (χ1n) is 13.5. The predicted octanol–water partition coefficient (Wildman–Crippen LogP) is 11.0. The van der Waals surface area contributed by atoms with Crippen molar-refractivity contribution in [2.24, 2.45) is 0 Å². The van der Waals surface area contributed by atoms with Crippen LogP contribution in [0.15, 0.2) is 109 Å². The van der Waals surface area contributed by atoms with Crippen molar-refractivity contribution in [2.45, 2.75) is 23.9 Å². The summed E-state index contributed by atoms with van der Waals surface area (Å²) in [4.78, 5) is 0.780. The van der Waals surface area contributed by atoms with E-state index in [9.17, 15) is 39.5 Å². The number of halogens is 9. The van der Waals surface area contributed by atoms with Crippen LogP contribution in [0.5, 0.6) is 11.5 Å². The van der Waals surface area contributed by atoms with E-state index in [1.807, 2.05) is 0 Å². The number of alkyl halides is 9. The molecule has 0 saturated carbocycles. The summed E-state index contributed by atoms with van der Waals surface area (Å²) in [5.41, 5.74) is -7.28. The van der Waals surface area contributed by atoms with Crippen LogP contribution in [0.2, 0.25) is 0 Å². The van der Waals surface area contributed by atoms with Crippen LogP contribution in [0.25, 0.3) is 0 Å². The number of nitrogens with zero attached hydrogens (tertiary/aromatic N) is 1. The zero-order valence-electron chi connectivity index (χ0n) is 22.6. The molecule has 7 rings (SSSR count). The number of fused-ring (bicyclic) bond motifs is 8. The molecule has 2 aliphatic rings. The zero-order valence-corrected chi connectivity index (χ0v) is 22.6. The summed E-state index contributed by atoms with van der Waals surface area (Å²) in [6.45, 7) is 0. The van der Waals surface area contributed by atoms with Gasteiger partial charge >= 0.3 is 18.5 Å². The van der Waals surface area contributed by atoms with Gasteiger partial charge in [0, 0.05) is 11.1 Å². The number of para-hydroxylation sites is 4. The summed E-state index contributed by atoms with van der Waals surface area (Å²) in [5, 5.41) is 0. The minimum Gasteiger partial charge on any atom is -0.457 e. The number of rotatable bonds is 1. The van der Waals surface area contributed by atoms with Gasteiger partial charge in [-0.25, -0.2) is 0 Å². The number of anilines is 3. The first-order chi connectivity index (χ1) is 21.2. The highest BCUT2D eigenvalue weighted by Gasteiger charge is 2.53. The number of benzene rings is 5. The second-order valence-corrected chi connectivity index (χ2v) is 10.6. The quantitative estimate of drug-likeness (QED) is 0.168. The van der Waals surface area contributed by atoms with Crippen molar-refractivity contribution in [2.75, 3.05) is 4.90 Å². The molecule has 0 amide bonds. The van der Waals surface area contributed by atoms with Crippen LogP contribution in [0.1, 0.15) is 38.9 Å². The van der Waals surface area contributed by atoms with E-state index in [1.54, 1.807) is 72.8 Å². The minimum absolute atomic E-state index is 0.0709. The topological polar surface area (TPSA) is 12.5 Å². The molecule has 0 fully saturated rings. The molecule has 2 nitrogen and oxygen atoms in total. The van der Waals surface area contributed by atoms with Crippen molar-refractivity contribution in [1.29, 1.82) is 0 Å². The van der Waals surface area contributed by atoms with Crippen LogP contribution in [-0.4, -0.2) is 0 Å². The third-order valence-electron chi connectivity index (χ3n) is 8.17. The molecule has 0 radical (unpaired) electrons. The van der Waals surface area contributed by atoms with Gasteiger partial charge in [-0.05, 0) is 47.5 Å². The molecule has 0 aromatic heterocycles. The molecule has 45 heavy (non-hydrogen) atoms. The summed E-state index contributed by atoms with van der Waals surface area (Å²) in [6, 6.07) is 25.5. The SMILES string of the molecule is FC(F)(F)c1cc(C(F)(F)F)c(N2c3ccccc3C3(c4ccccc4Oc4ccccc43)c3ccccc32)c(C(F)(F)F)c1. The van der Waals surface area contributed by atoms with E-state index in [4.69, 9.17) is 4.74 Å². The maximum Gasteiger partial charge on any atom is 0.418 e. The van der Waals surface area contributed by atoms with Gasteiger partial charge in [-0.15, -0.1) is 0 Å². The monoisotopic (exact) mass is 627 g/mol. The summed E-state index contributed by atoms with van der Waals surface area (Å²) in [7, 11) is 0. The Morgan fingerprint density at radius 2 is 0.844 bits per heavy atom. The van der Waals surface area contributed by atoms with Gasteiger partial charge in [0.05, 0.1) is 39.2 Å². The lowest BCUT2D eigenvalue weighted by atomic mass is 9.61. The first kappa shape index (κ1) is 28.8. The van der Waals surface area contributed by atoms with Crippen LogP contribution >= 0.6 is 0 Å². The Balaban J connectivity index is 1.66. The molecule has 5 aromatic rings. The van der Waals surface area contributed by atoms with E-state index in [2.05, 4.69) is 0 Å². The lowest BCUT2D eigenvalue weighted by Crippen LogP contribution is -2.40. The summed E-state index contributed by atoms with van der Waals surface area (Å²) >= 11 is 0. The van der Waals surface area contributed by atoms with E-state index >= 15 is 0 Å². The van der Waals surface area contributed by atoms with E-state index in [0.717, 1.165) is 4.90 Å². The fourth-order valence-corrected chi connectivity index (χ4v) is 6.53. The minimum atomic E-state index is -5.59. The standard InChI is InChI=1S/C34H18F9NO/c35-32(36,37)19-17-24(33(38,39)40)30(25(18-19)34(41,42)43)44-26-13-5-1-9-20(26)31(21-10-2-6-14-27(21)44)22-11-3-7-15-28(22)45-29-16-8-4-12-23(29)31/h1-18H. The maximum atomic E-state index is 14.7. The van der Waals surface area contributed by atoms with Crippen molar-refractivity contribution in [3.8, 4) is 11.5 Å². The fourth-order valence-electron chi connectivity index (χ4n) is 6.53. The van der Waals surface area contributed by atoms with Crippen molar-refractivity contribution < 1.29 is 44.3 Å². The van der Waals surface area contributed by atoms with Gasteiger partial charge in [0.1, 0.15) is 11.5 Å². The smallest absolute Gasteiger partial charge is 0.418 e. The molecule has 0 atom stereocenters. The molecule has 0 unspecified atom stereocenters. The van der Waals surface area contributed by atoms with E-state index < -0.39 is 46.3 Å². The van der Waals surface area contributed by atoms with E-state index in [-0.39, 0.29) is 23.5 Å². The number of hydrogen-bond acceptors (Lipinski definition) is 2. The van der Waals surface area contributed by atoms with Gasteiger partial charge in [0.25, 0.3) is 0 Å². The van der Waals surface area contributed by atoms with Crippen LogP contribution in [0.4, 0.5) is 56.6 Å². The second-order valence-electron chi connectivity index (χ2n) is 10.6. The predicted molar refractivity (Wildman–Crippen MR) is 148 cm³/mol. The van der Waals surface area contributed by atoms with Gasteiger partial charge < -0.3 is 9.64 Å². The van der Waals surface area contributed by atoms with Crippen LogP contribution in [0.3, 0.4) is 0 Å². The van der Waals surface area contributed by atoms with Crippen LogP contribution < -0.4 is 9.64 Å². The third-order valence-corrected chi connectivity index (χ3v) is 8.17. The lowest BCUT2D eigenvalue weighted by molar-refractivity contribution is -0.147. The third kappa shape index (κ3) is 4.20. The van der Waals surface area contributed by atoms with Gasteiger partial charge in [-0.1, -0.05) is 72.8 Å². The van der Waals surface area contributed by atoms with E-state index in [1.165, 1.54) is 24.3 Å². The van der Waals surface area contributed by atoms with Crippen LogP contribution in [-0.2, 0) is 23.9 Å². The Hall–Kier alpha value is -4.93. The van der Waals surface area contributed by atoms with Gasteiger partial charge in [0.2, 0.25) is 0 Å². The molecule has 0 N–H and O–H groups in total. The Bertz CT molecular complexity index is 1840. The first-order valence-corrected chi connectivity index (χ1v) is 13.5. The molecule has 1 spiro atoms. The Labute approximate surface area is 249 Å². The zero-order chi connectivity index (χ0) is 31.9. The lowest BCUT2D eigenvalue weighted by Gasteiger charge is -2.49. The summed E-state index contributed by atoms with van der Waals surface area (Å²) < 4.78 is 135. The van der Waals surface area contributed by atoms with Gasteiger partial charge in [0.15, 0.2) is 0 Å². The van der Waals surface area contributed by atoms with Crippen LogP contribution in [0, 0.1) is 0 Å². The normalized spacial score (nSPS) is 15.1. The largest absolute Gasteiger partial charge is 0.457 e. The Kier molecular flexibility index (Phi) is 6.11. The molecule has 0 saturated heterocycles. The Morgan fingerprint density at radius 3 is 1.24 bits per heavy atom. The fraction of sp³-hybridized carbons (Fsp3) is 0.118. The summed E-state index contributed by atoms with van der Waals surface area (Å²) in [6.07, 6.45) is -16.7. The van der Waals surface area contributed by atoms with Crippen molar-refractivity contribution in [3.05, 3.63) is 148 Å². The van der Waals surface area contributed by atoms with Gasteiger partial charge in [-0.2, -0.15) is 39.5 Å². The highest BCUT2D eigenvalue weighted by atomic mass is 19.4. The molecule has 11 heteroatoms. The number of ether oxygens (including phenoxy) is 1. The average Bonchev–Trinajstić information content (AvgIpc) is 2.99. The highest BCUT2D eigenvalue weighted by Crippen LogP contribution is 2.64. The molecule has 228 valence electrons. The Morgan fingerprint density at radius 1 is 0.467 bits per heavy atom. The molecule has 0 aliphatic carbocycles. The van der Waals surface area contributed by atoms with Crippen molar-refractivity contribution in [1.82, 2.24) is 0 Å². The average molecular weight is 628 g/mol. The van der Waals surface area contributed by atoms with Crippen molar-refractivity contribution in [3.63, 3.8) is 0 Å². The van der Waals surface area contributed by atoms with E-state index in [0.29, 0.717) is 33.8 Å². The molecular weight excluding hydrogens is 609 g/mol. The van der Waals surface area contributed by atoms with Crippen molar-refractivity contribution >= 4 is 17.1 Å². The molecule has 2 aliphatic heterocycles. The number of hydrogen-bond donors (Lipinski definition) is 0. The molecule has 5 aromatic carbocycles. The summed E-state index contributed by atoms with van der Waals surface area (Å²) in [5.74, 6) is 0.853. The highest BCUT2D eigenvalue weighted by molar-refractivity contribution is 5.92. The second kappa shape index (κ2) is 9.53. The molecule has 0 bridgehead atoms. The maximum absolute atomic E-state index is 14.7. The molecule has 2 heterocycles. The van der Waals surface area contributed by atoms with Gasteiger partial charge in [-0.3, -0.25) is 0 Å².